The van der Waals surface area contributed by atoms with Crippen molar-refractivity contribution in [2.45, 2.75) is 19.9 Å². The average Bonchev–Trinajstić information content (AvgIpc) is 2.83. The van der Waals surface area contributed by atoms with Crippen LogP contribution in [0.5, 0.6) is 0 Å². The molecule has 1 saturated heterocycles. The van der Waals surface area contributed by atoms with Gasteiger partial charge >= 0.3 is 0 Å². The summed E-state index contributed by atoms with van der Waals surface area (Å²) in [5, 5.41) is 6.18. The maximum atomic E-state index is 12.3. The van der Waals surface area contributed by atoms with Crippen LogP contribution in [-0.2, 0) is 4.79 Å². The Morgan fingerprint density at radius 3 is 2.54 bits per heavy atom. The smallest absolute Gasteiger partial charge is 0.255 e. The lowest BCUT2D eigenvalue weighted by molar-refractivity contribution is -0.117. The molecule has 0 saturated carbocycles. The number of benzene rings is 2. The fraction of sp³-hybridized carbons (Fsp3) is 0.167. The molecule has 0 aromatic heterocycles. The van der Waals surface area contributed by atoms with E-state index in [1.165, 1.54) is 4.90 Å². The summed E-state index contributed by atoms with van der Waals surface area (Å²) >= 11 is 5.25. The van der Waals surface area contributed by atoms with Crippen LogP contribution in [0.3, 0.4) is 0 Å². The second-order valence-corrected chi connectivity index (χ2v) is 6.05. The van der Waals surface area contributed by atoms with Gasteiger partial charge in [0.2, 0.25) is 0 Å². The van der Waals surface area contributed by atoms with Crippen molar-refractivity contribution in [3.05, 3.63) is 59.7 Å². The minimum Gasteiger partial charge on any atom is -0.350 e. The number of amides is 2. The molecule has 1 atom stereocenters. The minimum absolute atomic E-state index is 0.102. The van der Waals surface area contributed by atoms with Crippen molar-refractivity contribution >= 4 is 40.5 Å². The number of nitrogens with one attached hydrogen (secondary N) is 2. The number of hydrogen-bond donors (Lipinski definition) is 2. The topological polar surface area (TPSA) is 61.4 Å². The Bertz CT molecular complexity index is 820. The van der Waals surface area contributed by atoms with Crippen LogP contribution in [0.4, 0.5) is 11.4 Å². The first kappa shape index (κ1) is 16.1. The highest BCUT2D eigenvalue weighted by atomic mass is 32.1. The zero-order valence-corrected chi connectivity index (χ0v) is 14.2. The van der Waals surface area contributed by atoms with Gasteiger partial charge in [-0.15, -0.1) is 0 Å². The van der Waals surface area contributed by atoms with Crippen molar-refractivity contribution in [2.75, 3.05) is 10.2 Å². The van der Waals surface area contributed by atoms with Crippen LogP contribution in [-0.4, -0.2) is 23.0 Å². The van der Waals surface area contributed by atoms with Crippen LogP contribution in [0.1, 0.15) is 22.8 Å². The normalized spacial score (nSPS) is 16.9. The predicted octanol–water partition coefficient (Wildman–Crippen LogP) is 2.86. The van der Waals surface area contributed by atoms with Gasteiger partial charge in [0, 0.05) is 11.3 Å². The second-order valence-electron chi connectivity index (χ2n) is 5.67. The largest absolute Gasteiger partial charge is 0.350 e. The van der Waals surface area contributed by atoms with E-state index < -0.39 is 0 Å². The monoisotopic (exact) mass is 339 g/mol. The van der Waals surface area contributed by atoms with E-state index in [4.69, 9.17) is 12.2 Å². The first-order chi connectivity index (χ1) is 11.5. The van der Waals surface area contributed by atoms with Gasteiger partial charge in [-0.3, -0.25) is 14.5 Å². The van der Waals surface area contributed by atoms with Gasteiger partial charge in [0.1, 0.15) is 6.04 Å². The highest BCUT2D eigenvalue weighted by molar-refractivity contribution is 7.80. The van der Waals surface area contributed by atoms with Crippen molar-refractivity contribution in [3.8, 4) is 0 Å². The summed E-state index contributed by atoms with van der Waals surface area (Å²) in [7, 11) is 0. The zero-order chi connectivity index (χ0) is 17.3. The Morgan fingerprint density at radius 2 is 1.92 bits per heavy atom. The van der Waals surface area contributed by atoms with Gasteiger partial charge in [0.05, 0.1) is 5.69 Å². The minimum atomic E-state index is -0.348. The fourth-order valence-corrected chi connectivity index (χ4v) is 2.92. The fourth-order valence-electron chi connectivity index (χ4n) is 2.55. The van der Waals surface area contributed by atoms with Crippen LogP contribution < -0.4 is 15.5 Å². The van der Waals surface area contributed by atoms with Gasteiger partial charge in [-0.2, -0.15) is 0 Å². The van der Waals surface area contributed by atoms with Gasteiger partial charge in [-0.25, -0.2) is 0 Å². The number of carbonyl (C=O) groups is 2. The van der Waals surface area contributed by atoms with E-state index in [1.54, 1.807) is 31.2 Å². The molecule has 1 fully saturated rings. The van der Waals surface area contributed by atoms with Crippen LogP contribution >= 0.6 is 12.2 Å². The molecule has 1 aliphatic heterocycles. The molecular formula is C18H17N3O2S. The molecule has 0 aliphatic carbocycles. The number of anilines is 2. The molecule has 0 bridgehead atoms. The van der Waals surface area contributed by atoms with Crippen LogP contribution in [0.2, 0.25) is 0 Å². The summed E-state index contributed by atoms with van der Waals surface area (Å²) in [6.07, 6.45) is 0. The number of rotatable bonds is 3. The average molecular weight is 339 g/mol. The van der Waals surface area contributed by atoms with E-state index >= 15 is 0 Å². The Kier molecular flexibility index (Phi) is 4.31. The molecule has 0 spiro atoms. The van der Waals surface area contributed by atoms with Crippen molar-refractivity contribution in [1.82, 2.24) is 5.32 Å². The molecule has 122 valence electrons. The van der Waals surface area contributed by atoms with E-state index in [0.717, 1.165) is 5.56 Å². The van der Waals surface area contributed by atoms with Gasteiger partial charge in [-0.1, -0.05) is 24.3 Å². The van der Waals surface area contributed by atoms with Crippen molar-refractivity contribution < 1.29 is 9.59 Å². The number of hydrogen-bond acceptors (Lipinski definition) is 3. The zero-order valence-electron chi connectivity index (χ0n) is 13.4. The molecule has 2 amide bonds. The number of carbonyl (C=O) groups excluding carboxylic acids is 2. The van der Waals surface area contributed by atoms with E-state index in [2.05, 4.69) is 10.6 Å². The van der Waals surface area contributed by atoms with Gasteiger partial charge in [0.15, 0.2) is 5.11 Å². The third kappa shape index (κ3) is 3.00. The molecular weight excluding hydrogens is 322 g/mol. The highest BCUT2D eigenvalue weighted by Gasteiger charge is 2.34. The number of aryl methyl sites for hydroxylation is 1. The predicted molar refractivity (Wildman–Crippen MR) is 98.3 cm³/mol. The van der Waals surface area contributed by atoms with E-state index in [1.807, 2.05) is 31.2 Å². The van der Waals surface area contributed by atoms with Crippen LogP contribution in [0.25, 0.3) is 0 Å². The molecule has 1 aliphatic rings. The molecule has 2 aromatic rings. The molecule has 24 heavy (non-hydrogen) atoms. The van der Waals surface area contributed by atoms with Gasteiger partial charge < -0.3 is 10.6 Å². The van der Waals surface area contributed by atoms with Crippen LogP contribution in [0, 0.1) is 6.92 Å². The quantitative estimate of drug-likeness (QED) is 0.844. The Morgan fingerprint density at radius 1 is 1.21 bits per heavy atom. The summed E-state index contributed by atoms with van der Waals surface area (Å²) in [6.45, 7) is 3.67. The molecule has 3 rings (SSSR count). The van der Waals surface area contributed by atoms with Crippen molar-refractivity contribution in [3.63, 3.8) is 0 Å². The first-order valence-electron chi connectivity index (χ1n) is 7.59. The molecule has 2 N–H and O–H groups in total. The van der Waals surface area contributed by atoms with Crippen LogP contribution in [0.15, 0.2) is 48.5 Å². The lowest BCUT2D eigenvalue weighted by Gasteiger charge is -2.19. The molecule has 6 heteroatoms. The Balaban J connectivity index is 1.88. The first-order valence-corrected chi connectivity index (χ1v) is 7.99. The maximum Gasteiger partial charge on any atom is 0.255 e. The highest BCUT2D eigenvalue weighted by Crippen LogP contribution is 2.27. The van der Waals surface area contributed by atoms with Crippen molar-refractivity contribution in [1.29, 1.82) is 0 Å². The van der Waals surface area contributed by atoms with E-state index in [-0.39, 0.29) is 17.9 Å². The maximum absolute atomic E-state index is 12.3. The standard InChI is InChI=1S/C18H17N3O2S/c1-11-8-9-14(20-16(22)13-6-4-3-5-7-13)10-15(11)21-17(23)12(2)19-18(21)24/h3-10,12H,1-2H3,(H,19,24)(H,20,22)/t12-/m0/s1. The lowest BCUT2D eigenvalue weighted by atomic mass is 10.1. The van der Waals surface area contributed by atoms with E-state index in [0.29, 0.717) is 22.1 Å². The Hall–Kier alpha value is -2.73. The summed E-state index contributed by atoms with van der Waals surface area (Å²) in [5.74, 6) is -0.304. The summed E-state index contributed by atoms with van der Waals surface area (Å²) in [5.41, 5.74) is 2.76. The van der Waals surface area contributed by atoms with Gasteiger partial charge in [-0.05, 0) is 55.9 Å². The SMILES string of the molecule is Cc1ccc(NC(=O)c2ccccc2)cc1N1C(=O)[C@H](C)NC1=S. The second kappa shape index (κ2) is 6.41. The lowest BCUT2D eigenvalue weighted by Crippen LogP contribution is -2.31. The molecule has 0 unspecified atom stereocenters. The van der Waals surface area contributed by atoms with Crippen molar-refractivity contribution in [2.24, 2.45) is 0 Å². The third-order valence-corrected chi connectivity index (χ3v) is 4.18. The third-order valence-electron chi connectivity index (χ3n) is 3.88. The Labute approximate surface area is 145 Å². The molecule has 5 nitrogen and oxygen atoms in total. The van der Waals surface area contributed by atoms with Gasteiger partial charge in [0.25, 0.3) is 11.8 Å². The van der Waals surface area contributed by atoms with E-state index in [9.17, 15) is 9.59 Å². The summed E-state index contributed by atoms with van der Waals surface area (Å²) < 4.78 is 0. The summed E-state index contributed by atoms with van der Waals surface area (Å²) in [6, 6.07) is 14.0. The molecule has 1 heterocycles. The molecule has 2 aromatic carbocycles. The summed E-state index contributed by atoms with van der Waals surface area (Å²) in [4.78, 5) is 26.1. The number of thiocarbonyl (C=S) groups is 1. The molecule has 0 radical (unpaired) electrons. The number of nitrogens with zero attached hydrogens (tertiary/aromatic N) is 1.